The Morgan fingerprint density at radius 1 is 1.08 bits per heavy atom. The molecule has 1 atom stereocenters. The lowest BCUT2D eigenvalue weighted by Gasteiger charge is -2.36. The molecule has 2 aliphatic heterocycles. The number of nitriles is 2. The Morgan fingerprint density at radius 2 is 1.88 bits per heavy atom. The number of fused-ring (bicyclic) bond motifs is 4. The van der Waals surface area contributed by atoms with Crippen molar-refractivity contribution in [1.29, 1.82) is 10.5 Å². The third-order valence-electron chi connectivity index (χ3n) is 4.82. The summed E-state index contributed by atoms with van der Waals surface area (Å²) in [7, 11) is 0. The molecule has 0 spiro atoms. The molecule has 124 valence electrons. The summed E-state index contributed by atoms with van der Waals surface area (Å²) >= 11 is 3.18. The Kier molecular flexibility index (Phi) is 3.33. The summed E-state index contributed by atoms with van der Waals surface area (Å²) in [6.07, 6.45) is 0.409. The van der Waals surface area contributed by atoms with Crippen molar-refractivity contribution in [1.82, 2.24) is 4.98 Å². The van der Waals surface area contributed by atoms with Crippen molar-refractivity contribution in [2.75, 3.05) is 11.4 Å². The van der Waals surface area contributed by atoms with E-state index >= 15 is 0 Å². The van der Waals surface area contributed by atoms with Gasteiger partial charge in [0.25, 0.3) is 0 Å². The van der Waals surface area contributed by atoms with Crippen LogP contribution in [-0.4, -0.2) is 11.5 Å². The smallest absolute Gasteiger partial charge is 0.131 e. The molecule has 0 saturated carbocycles. The van der Waals surface area contributed by atoms with Crippen LogP contribution in [0.25, 0.3) is 10.2 Å². The lowest BCUT2D eigenvalue weighted by Crippen LogP contribution is -2.42. The van der Waals surface area contributed by atoms with Crippen LogP contribution in [0.5, 0.6) is 0 Å². The minimum Gasteiger partial charge on any atom is -0.332 e. The van der Waals surface area contributed by atoms with Crippen LogP contribution in [0, 0.1) is 22.7 Å². The van der Waals surface area contributed by atoms with Crippen molar-refractivity contribution in [2.45, 2.75) is 16.7 Å². The molecule has 0 N–H and O–H groups in total. The van der Waals surface area contributed by atoms with Gasteiger partial charge in [0.1, 0.15) is 10.4 Å². The van der Waals surface area contributed by atoms with E-state index in [0.29, 0.717) is 18.5 Å². The van der Waals surface area contributed by atoms with Gasteiger partial charge in [-0.3, -0.25) is 0 Å². The molecule has 0 amide bonds. The largest absolute Gasteiger partial charge is 0.332 e. The van der Waals surface area contributed by atoms with Crippen LogP contribution in [0.3, 0.4) is 0 Å². The van der Waals surface area contributed by atoms with Gasteiger partial charge in [-0.1, -0.05) is 36.0 Å². The summed E-state index contributed by atoms with van der Waals surface area (Å²) in [6.45, 7) is 0.522. The Hall–Kier alpha value is -2.80. The van der Waals surface area contributed by atoms with Gasteiger partial charge in [-0.15, -0.1) is 11.3 Å². The van der Waals surface area contributed by atoms with E-state index in [1.54, 1.807) is 23.1 Å². The SMILES string of the molecule is N#CC1=C2Sc3ccccc3N2C[C@](C#N)(c2nc3ccccc3s2)C1. The predicted octanol–water partition coefficient (Wildman–Crippen LogP) is 4.81. The number of thioether (sulfide) groups is 1. The topological polar surface area (TPSA) is 63.7 Å². The van der Waals surface area contributed by atoms with Crippen LogP contribution in [0.1, 0.15) is 11.4 Å². The zero-order valence-electron chi connectivity index (χ0n) is 13.6. The quantitative estimate of drug-likeness (QED) is 0.613. The minimum atomic E-state index is -0.809. The first kappa shape index (κ1) is 15.5. The Morgan fingerprint density at radius 3 is 2.69 bits per heavy atom. The van der Waals surface area contributed by atoms with Crippen molar-refractivity contribution in [3.63, 3.8) is 0 Å². The zero-order valence-corrected chi connectivity index (χ0v) is 15.3. The monoisotopic (exact) mass is 372 g/mol. The normalized spacial score (nSPS) is 21.2. The number of benzene rings is 2. The fraction of sp³-hybridized carbons (Fsp3) is 0.150. The number of anilines is 1. The van der Waals surface area contributed by atoms with E-state index < -0.39 is 5.41 Å². The van der Waals surface area contributed by atoms with E-state index in [2.05, 4.69) is 29.2 Å². The summed E-state index contributed by atoms with van der Waals surface area (Å²) in [6, 6.07) is 20.9. The van der Waals surface area contributed by atoms with Gasteiger partial charge in [0.15, 0.2) is 0 Å². The Bertz CT molecular complexity index is 1130. The van der Waals surface area contributed by atoms with Crippen molar-refractivity contribution in [3.05, 3.63) is 64.1 Å². The number of rotatable bonds is 1. The van der Waals surface area contributed by atoms with Crippen LogP contribution in [0.4, 0.5) is 5.69 Å². The van der Waals surface area contributed by atoms with E-state index in [4.69, 9.17) is 4.98 Å². The van der Waals surface area contributed by atoms with Gasteiger partial charge in [0.2, 0.25) is 0 Å². The van der Waals surface area contributed by atoms with E-state index in [1.165, 1.54) is 0 Å². The lowest BCUT2D eigenvalue weighted by atomic mass is 9.80. The summed E-state index contributed by atoms with van der Waals surface area (Å²) < 4.78 is 1.07. The molecule has 4 nitrogen and oxygen atoms in total. The molecule has 6 heteroatoms. The molecular weight excluding hydrogens is 360 g/mol. The summed E-state index contributed by atoms with van der Waals surface area (Å²) in [4.78, 5) is 8.00. The molecule has 5 rings (SSSR count). The van der Waals surface area contributed by atoms with Gasteiger partial charge >= 0.3 is 0 Å². The van der Waals surface area contributed by atoms with Crippen LogP contribution < -0.4 is 4.90 Å². The maximum Gasteiger partial charge on any atom is 0.131 e. The first-order valence-corrected chi connectivity index (χ1v) is 9.82. The zero-order chi connectivity index (χ0) is 17.7. The van der Waals surface area contributed by atoms with Crippen molar-refractivity contribution < 1.29 is 0 Å². The van der Waals surface area contributed by atoms with Crippen LogP contribution in [0.15, 0.2) is 64.0 Å². The van der Waals surface area contributed by atoms with Crippen molar-refractivity contribution >= 4 is 39.0 Å². The van der Waals surface area contributed by atoms with Crippen molar-refractivity contribution in [2.24, 2.45) is 0 Å². The van der Waals surface area contributed by atoms with Gasteiger partial charge in [-0.25, -0.2) is 4.98 Å². The number of para-hydroxylation sites is 2. The second-order valence-electron chi connectivity index (χ2n) is 6.41. The van der Waals surface area contributed by atoms with Gasteiger partial charge in [-0.05, 0) is 24.3 Å². The lowest BCUT2D eigenvalue weighted by molar-refractivity contribution is 0.527. The summed E-state index contributed by atoms with van der Waals surface area (Å²) in [5, 5.41) is 21.7. The number of nitrogens with zero attached hydrogens (tertiary/aromatic N) is 4. The second-order valence-corrected chi connectivity index (χ2v) is 8.47. The third-order valence-corrected chi connectivity index (χ3v) is 7.29. The molecule has 0 unspecified atom stereocenters. The van der Waals surface area contributed by atoms with Gasteiger partial charge in [0, 0.05) is 17.9 Å². The first-order valence-electron chi connectivity index (χ1n) is 8.19. The van der Waals surface area contributed by atoms with Crippen LogP contribution in [-0.2, 0) is 5.41 Å². The minimum absolute atomic E-state index is 0.409. The van der Waals surface area contributed by atoms with Crippen LogP contribution in [0.2, 0.25) is 0 Å². The molecule has 0 saturated heterocycles. The number of aromatic nitrogens is 1. The van der Waals surface area contributed by atoms with Gasteiger partial charge in [0.05, 0.1) is 38.6 Å². The highest BCUT2D eigenvalue weighted by Crippen LogP contribution is 2.53. The second kappa shape index (κ2) is 5.60. The van der Waals surface area contributed by atoms with E-state index in [1.807, 2.05) is 36.4 Å². The van der Waals surface area contributed by atoms with E-state index in [-0.39, 0.29) is 0 Å². The van der Waals surface area contributed by atoms with Gasteiger partial charge in [-0.2, -0.15) is 10.5 Å². The predicted molar refractivity (Wildman–Crippen MR) is 104 cm³/mol. The number of hydrogen-bond acceptors (Lipinski definition) is 6. The molecule has 2 aliphatic rings. The standard InChI is InChI=1S/C20H12N4S2/c21-10-13-9-20(11-22,19-23-14-5-1-3-7-16(14)26-19)12-24-15-6-2-4-8-17(15)25-18(13)24/h1-8H,9,12H2/t20-/m0/s1. The molecule has 0 aliphatic carbocycles. The van der Waals surface area contributed by atoms with Crippen molar-refractivity contribution in [3.8, 4) is 12.1 Å². The molecule has 2 aromatic carbocycles. The fourth-order valence-electron chi connectivity index (χ4n) is 3.55. The highest BCUT2D eigenvalue weighted by Gasteiger charge is 2.46. The highest BCUT2D eigenvalue weighted by molar-refractivity contribution is 8.03. The van der Waals surface area contributed by atoms with E-state index in [0.717, 1.165) is 30.8 Å². The number of thiazole rings is 1. The fourth-order valence-corrected chi connectivity index (χ4v) is 5.80. The molecule has 0 bridgehead atoms. The number of hydrogen-bond donors (Lipinski definition) is 0. The summed E-state index contributed by atoms with van der Waals surface area (Å²) in [5.41, 5.74) is 1.83. The molecule has 3 aromatic rings. The molecule has 0 fully saturated rings. The van der Waals surface area contributed by atoms with E-state index in [9.17, 15) is 10.5 Å². The Labute approximate surface area is 159 Å². The molecular formula is C20H12N4S2. The average molecular weight is 372 g/mol. The molecule has 0 radical (unpaired) electrons. The maximum atomic E-state index is 10.2. The molecule has 26 heavy (non-hydrogen) atoms. The number of allylic oxidation sites excluding steroid dienone is 1. The maximum absolute atomic E-state index is 10.2. The Balaban J connectivity index is 1.68. The van der Waals surface area contributed by atoms with Crippen LogP contribution >= 0.6 is 23.1 Å². The average Bonchev–Trinajstić information content (AvgIpc) is 3.29. The molecule has 3 heterocycles. The van der Waals surface area contributed by atoms with Gasteiger partial charge < -0.3 is 4.90 Å². The highest BCUT2D eigenvalue weighted by atomic mass is 32.2. The molecule has 1 aromatic heterocycles. The first-order chi connectivity index (χ1) is 12.7. The third kappa shape index (κ3) is 2.10. The summed E-state index contributed by atoms with van der Waals surface area (Å²) in [5.74, 6) is 0.